The second-order valence-corrected chi connectivity index (χ2v) is 10.9. The van der Waals surface area contributed by atoms with Crippen molar-refractivity contribution in [1.29, 1.82) is 0 Å². The maximum Gasteiger partial charge on any atom is 0.251 e. The molecule has 6 N–H and O–H groups in total. The highest BCUT2D eigenvalue weighted by molar-refractivity contribution is 5.81. The molecule has 2 aliphatic heterocycles. The van der Waals surface area contributed by atoms with Gasteiger partial charge >= 0.3 is 0 Å². The summed E-state index contributed by atoms with van der Waals surface area (Å²) in [5.74, 6) is 5.39. The van der Waals surface area contributed by atoms with Crippen LogP contribution in [0.3, 0.4) is 0 Å². The Morgan fingerprint density at radius 2 is 2.03 bits per heavy atom. The molecule has 3 heterocycles. The molecule has 1 aliphatic carbocycles. The van der Waals surface area contributed by atoms with Gasteiger partial charge in [0.2, 0.25) is 5.91 Å². The van der Waals surface area contributed by atoms with Gasteiger partial charge in [-0.05, 0) is 74.8 Å². The number of carbonyl (C=O) groups is 2. The number of methoxy groups -OCH3 is 1. The number of amides is 2. The second kappa shape index (κ2) is 12.0. The van der Waals surface area contributed by atoms with E-state index in [0.717, 1.165) is 25.0 Å². The SMILES string of the molecule is COc1cccc(F)c1CN1C[C@H](NC(=O)C2CCC3NNC(c4ccnc(C)c4)C3C2)CC[C@H]1C(=O)NN. The smallest absolute Gasteiger partial charge is 0.251 e. The van der Waals surface area contributed by atoms with Crippen molar-refractivity contribution in [3.8, 4) is 5.75 Å². The number of nitrogens with one attached hydrogen (secondary N) is 4. The van der Waals surface area contributed by atoms with E-state index < -0.39 is 11.9 Å². The molecular formula is C28H38FN7O3. The van der Waals surface area contributed by atoms with E-state index in [1.165, 1.54) is 18.7 Å². The molecule has 210 valence electrons. The summed E-state index contributed by atoms with van der Waals surface area (Å²) >= 11 is 0. The van der Waals surface area contributed by atoms with Crippen molar-refractivity contribution in [2.24, 2.45) is 17.7 Å². The summed E-state index contributed by atoms with van der Waals surface area (Å²) in [5.41, 5.74) is 11.6. The minimum absolute atomic E-state index is 0.0418. The number of fused-ring (bicyclic) bond motifs is 1. The predicted octanol–water partition coefficient (Wildman–Crippen LogP) is 1.61. The largest absolute Gasteiger partial charge is 0.496 e. The van der Waals surface area contributed by atoms with Crippen molar-refractivity contribution in [2.75, 3.05) is 13.7 Å². The molecule has 11 heteroatoms. The lowest BCUT2D eigenvalue weighted by molar-refractivity contribution is -0.130. The van der Waals surface area contributed by atoms with E-state index in [-0.39, 0.29) is 36.4 Å². The van der Waals surface area contributed by atoms with Gasteiger partial charge < -0.3 is 10.1 Å². The zero-order valence-electron chi connectivity index (χ0n) is 22.5. The predicted molar refractivity (Wildman–Crippen MR) is 143 cm³/mol. The van der Waals surface area contributed by atoms with Crippen molar-refractivity contribution < 1.29 is 18.7 Å². The molecule has 10 nitrogen and oxygen atoms in total. The molecule has 3 aliphatic rings. The zero-order chi connectivity index (χ0) is 27.5. The van der Waals surface area contributed by atoms with Gasteiger partial charge in [-0.2, -0.15) is 0 Å². The Labute approximate surface area is 228 Å². The average Bonchev–Trinajstić information content (AvgIpc) is 3.37. The van der Waals surface area contributed by atoms with E-state index in [1.54, 1.807) is 12.1 Å². The van der Waals surface area contributed by atoms with Crippen LogP contribution < -0.4 is 32.2 Å². The molecule has 1 aromatic carbocycles. The Morgan fingerprint density at radius 1 is 1.18 bits per heavy atom. The summed E-state index contributed by atoms with van der Waals surface area (Å²) in [6.45, 7) is 2.55. The van der Waals surface area contributed by atoms with Crippen LogP contribution in [0, 0.1) is 24.6 Å². The van der Waals surface area contributed by atoms with Crippen molar-refractivity contribution >= 4 is 11.8 Å². The third-order valence-corrected chi connectivity index (χ3v) is 8.54. The third kappa shape index (κ3) is 5.91. The zero-order valence-corrected chi connectivity index (χ0v) is 22.5. The lowest BCUT2D eigenvalue weighted by atomic mass is 9.74. The van der Waals surface area contributed by atoms with Crippen LogP contribution in [0.2, 0.25) is 0 Å². The standard InChI is InChI=1S/C28H38FN7O3/c1-16-12-17(10-11-31-16)26-20-13-18(6-8-23(20)34-35-26)27(37)32-19-7-9-24(28(38)33-30)36(14-19)15-21-22(29)4-3-5-25(21)39-2/h3-5,10-12,18-20,23-24,26,34-35H,6-9,13-15,30H2,1-2H3,(H,32,37)(H,33,38)/t18?,19-,20?,23?,24+,26?/m1/s1. The van der Waals surface area contributed by atoms with Gasteiger partial charge in [-0.15, -0.1) is 0 Å². The van der Waals surface area contributed by atoms with Crippen LogP contribution in [0.15, 0.2) is 36.5 Å². The number of piperidine rings is 1. The first-order valence-corrected chi connectivity index (χ1v) is 13.7. The molecule has 2 aromatic rings. The molecular weight excluding hydrogens is 501 g/mol. The lowest BCUT2D eigenvalue weighted by Gasteiger charge is -2.40. The number of hydrogen-bond acceptors (Lipinski definition) is 8. The summed E-state index contributed by atoms with van der Waals surface area (Å²) in [6.07, 6.45) is 5.47. The van der Waals surface area contributed by atoms with E-state index in [4.69, 9.17) is 10.6 Å². The number of aryl methyl sites for hydroxylation is 1. The maximum atomic E-state index is 14.7. The number of benzene rings is 1. The van der Waals surface area contributed by atoms with Gasteiger partial charge in [0.15, 0.2) is 0 Å². The number of ether oxygens (including phenoxy) is 1. The minimum atomic E-state index is -0.525. The van der Waals surface area contributed by atoms with E-state index in [0.29, 0.717) is 42.7 Å². The van der Waals surface area contributed by atoms with Crippen molar-refractivity contribution in [3.05, 3.63) is 59.2 Å². The Bertz CT molecular complexity index is 1200. The molecule has 6 atom stereocenters. The van der Waals surface area contributed by atoms with E-state index in [9.17, 15) is 14.0 Å². The second-order valence-electron chi connectivity index (χ2n) is 10.9. The molecule has 0 bridgehead atoms. The number of likely N-dealkylation sites (tertiary alicyclic amines) is 1. The Kier molecular flexibility index (Phi) is 8.41. The lowest BCUT2D eigenvalue weighted by Crippen LogP contribution is -2.57. The van der Waals surface area contributed by atoms with Gasteiger partial charge in [-0.3, -0.25) is 30.3 Å². The minimum Gasteiger partial charge on any atom is -0.496 e. The molecule has 1 aromatic heterocycles. The van der Waals surface area contributed by atoms with Gasteiger partial charge in [-0.1, -0.05) is 6.07 Å². The number of carbonyl (C=O) groups excluding carboxylic acids is 2. The highest BCUT2D eigenvalue weighted by Crippen LogP contribution is 2.40. The van der Waals surface area contributed by atoms with Crippen LogP contribution in [0.25, 0.3) is 0 Å². The number of hydrazine groups is 2. The highest BCUT2D eigenvalue weighted by atomic mass is 19.1. The average molecular weight is 540 g/mol. The highest BCUT2D eigenvalue weighted by Gasteiger charge is 2.43. The van der Waals surface area contributed by atoms with Crippen LogP contribution in [-0.2, 0) is 16.1 Å². The first-order valence-electron chi connectivity index (χ1n) is 13.7. The van der Waals surface area contributed by atoms with Crippen LogP contribution in [0.5, 0.6) is 5.75 Å². The van der Waals surface area contributed by atoms with Crippen LogP contribution in [0.1, 0.15) is 55.0 Å². The molecule has 39 heavy (non-hydrogen) atoms. The van der Waals surface area contributed by atoms with E-state index >= 15 is 0 Å². The molecule has 0 spiro atoms. The van der Waals surface area contributed by atoms with Crippen LogP contribution >= 0.6 is 0 Å². The monoisotopic (exact) mass is 539 g/mol. The molecule has 0 radical (unpaired) electrons. The summed E-state index contributed by atoms with van der Waals surface area (Å²) in [7, 11) is 1.49. The van der Waals surface area contributed by atoms with E-state index in [1.807, 2.05) is 24.1 Å². The van der Waals surface area contributed by atoms with Gasteiger partial charge in [0.05, 0.1) is 19.2 Å². The summed E-state index contributed by atoms with van der Waals surface area (Å²) in [4.78, 5) is 32.2. The number of rotatable bonds is 7. The van der Waals surface area contributed by atoms with E-state index in [2.05, 4.69) is 32.6 Å². The van der Waals surface area contributed by atoms with Crippen molar-refractivity contribution in [2.45, 2.75) is 69.7 Å². The summed E-state index contributed by atoms with van der Waals surface area (Å²) < 4.78 is 20.1. The maximum absolute atomic E-state index is 14.7. The first kappa shape index (κ1) is 27.4. The fourth-order valence-corrected chi connectivity index (χ4v) is 6.52. The number of aromatic nitrogens is 1. The third-order valence-electron chi connectivity index (χ3n) is 8.54. The van der Waals surface area contributed by atoms with Crippen LogP contribution in [-0.4, -0.2) is 53.5 Å². The van der Waals surface area contributed by atoms with Gasteiger partial charge in [-0.25, -0.2) is 15.7 Å². The van der Waals surface area contributed by atoms with Crippen LogP contribution in [0.4, 0.5) is 4.39 Å². The normalized spacial score (nSPS) is 28.9. The fraction of sp³-hybridized carbons (Fsp3) is 0.536. The molecule has 1 saturated carbocycles. The number of nitrogens with zero attached hydrogens (tertiary/aromatic N) is 2. The van der Waals surface area contributed by atoms with Gasteiger partial charge in [0, 0.05) is 48.5 Å². The van der Waals surface area contributed by atoms with Gasteiger partial charge in [0.25, 0.3) is 5.91 Å². The molecule has 2 amide bonds. The first-order chi connectivity index (χ1) is 18.9. The summed E-state index contributed by atoms with van der Waals surface area (Å²) in [5, 5.41) is 3.25. The molecule has 3 fully saturated rings. The quantitative estimate of drug-likeness (QED) is 0.204. The number of hydrogen-bond donors (Lipinski definition) is 5. The van der Waals surface area contributed by atoms with Gasteiger partial charge in [0.1, 0.15) is 11.6 Å². The molecule has 4 unspecified atom stereocenters. The molecule has 2 saturated heterocycles. The number of pyridine rings is 1. The Morgan fingerprint density at radius 3 is 2.79 bits per heavy atom. The molecule has 5 rings (SSSR count). The number of halogens is 1. The fourth-order valence-electron chi connectivity index (χ4n) is 6.52. The number of nitrogens with two attached hydrogens (primary N) is 1. The Hall–Kier alpha value is -3.12. The summed E-state index contributed by atoms with van der Waals surface area (Å²) in [6, 6.07) is 8.56. The van der Waals surface area contributed by atoms with Crippen molar-refractivity contribution in [3.63, 3.8) is 0 Å². The topological polar surface area (TPSA) is 134 Å². The Balaban J connectivity index is 1.25. The van der Waals surface area contributed by atoms with Crippen molar-refractivity contribution in [1.82, 2.24) is 31.5 Å².